The summed E-state index contributed by atoms with van der Waals surface area (Å²) in [6.45, 7) is 9.15. The SMILES string of the molecule is CC(=O)NC(CC(C)C)C(=O)NC(CC(C)C)C(=O)NC(CCCN=C(N)N)C(=O)C=O. The lowest BCUT2D eigenvalue weighted by Gasteiger charge is -2.26. The first kappa shape index (κ1) is 29.0. The minimum absolute atomic E-state index is 0.0532. The Morgan fingerprint density at radius 2 is 1.31 bits per heavy atom. The fourth-order valence-corrected chi connectivity index (χ4v) is 3.07. The van der Waals surface area contributed by atoms with Crippen LogP contribution in [-0.4, -0.2) is 60.4 Å². The molecule has 11 nitrogen and oxygen atoms in total. The molecule has 0 spiro atoms. The Bertz CT molecular complexity index is 688. The van der Waals surface area contributed by atoms with E-state index in [4.69, 9.17) is 11.5 Å². The van der Waals surface area contributed by atoms with Crippen molar-refractivity contribution >= 4 is 35.8 Å². The van der Waals surface area contributed by atoms with Gasteiger partial charge in [-0.2, -0.15) is 0 Å². The lowest BCUT2D eigenvalue weighted by atomic mass is 9.99. The van der Waals surface area contributed by atoms with Crippen molar-refractivity contribution in [3.05, 3.63) is 0 Å². The number of carbonyl (C=O) groups excluding carboxylic acids is 5. The highest BCUT2D eigenvalue weighted by atomic mass is 16.2. The van der Waals surface area contributed by atoms with E-state index in [0.29, 0.717) is 19.3 Å². The molecule has 3 atom stereocenters. The molecule has 0 fully saturated rings. The summed E-state index contributed by atoms with van der Waals surface area (Å²) in [7, 11) is 0. The van der Waals surface area contributed by atoms with Gasteiger partial charge in [0.05, 0.1) is 6.04 Å². The average molecular weight is 455 g/mol. The van der Waals surface area contributed by atoms with Gasteiger partial charge in [0.15, 0.2) is 12.2 Å². The molecule has 0 aromatic heterocycles. The number of nitrogens with zero attached hydrogens (tertiary/aromatic N) is 1. The number of nitrogens with two attached hydrogens (primary N) is 2. The van der Waals surface area contributed by atoms with Gasteiger partial charge in [-0.1, -0.05) is 27.7 Å². The number of aliphatic imine (C=N–C) groups is 1. The number of carbonyl (C=O) groups is 5. The summed E-state index contributed by atoms with van der Waals surface area (Å²) in [5.74, 6) is -2.11. The van der Waals surface area contributed by atoms with Crippen LogP contribution in [0.5, 0.6) is 0 Å². The van der Waals surface area contributed by atoms with Gasteiger partial charge in [0.2, 0.25) is 23.5 Å². The van der Waals surface area contributed by atoms with E-state index < -0.39 is 35.7 Å². The van der Waals surface area contributed by atoms with Crippen molar-refractivity contribution in [1.82, 2.24) is 16.0 Å². The van der Waals surface area contributed by atoms with Gasteiger partial charge in [-0.25, -0.2) is 0 Å². The summed E-state index contributed by atoms with van der Waals surface area (Å²) in [5, 5.41) is 7.84. The highest BCUT2D eigenvalue weighted by Crippen LogP contribution is 2.10. The molecule has 0 aromatic rings. The first-order valence-corrected chi connectivity index (χ1v) is 10.8. The van der Waals surface area contributed by atoms with Gasteiger partial charge in [-0.15, -0.1) is 0 Å². The van der Waals surface area contributed by atoms with Crippen LogP contribution in [0.4, 0.5) is 0 Å². The van der Waals surface area contributed by atoms with E-state index >= 15 is 0 Å². The molecule has 0 aliphatic carbocycles. The van der Waals surface area contributed by atoms with E-state index in [9.17, 15) is 24.0 Å². The summed E-state index contributed by atoms with van der Waals surface area (Å²) >= 11 is 0. The molecule has 0 radical (unpaired) electrons. The number of rotatable bonds is 15. The maximum Gasteiger partial charge on any atom is 0.243 e. The predicted molar refractivity (Wildman–Crippen MR) is 121 cm³/mol. The van der Waals surface area contributed by atoms with E-state index in [1.807, 2.05) is 27.7 Å². The summed E-state index contributed by atoms with van der Waals surface area (Å²) in [4.78, 5) is 64.0. The minimum atomic E-state index is -1.05. The Balaban J connectivity index is 5.38. The third-order valence-corrected chi connectivity index (χ3v) is 4.46. The van der Waals surface area contributed by atoms with Crippen molar-refractivity contribution in [2.45, 2.75) is 78.4 Å². The molecule has 3 unspecified atom stereocenters. The zero-order valence-corrected chi connectivity index (χ0v) is 19.6. The maximum absolute atomic E-state index is 12.9. The van der Waals surface area contributed by atoms with E-state index in [-0.39, 0.29) is 43.0 Å². The predicted octanol–water partition coefficient (Wildman–Crippen LogP) is -0.625. The molecule has 0 saturated carbocycles. The van der Waals surface area contributed by atoms with Crippen molar-refractivity contribution in [2.75, 3.05) is 6.54 Å². The van der Waals surface area contributed by atoms with Crippen molar-refractivity contribution < 1.29 is 24.0 Å². The van der Waals surface area contributed by atoms with Crippen LogP contribution in [0.3, 0.4) is 0 Å². The normalized spacial score (nSPS) is 13.6. The molecule has 182 valence electrons. The van der Waals surface area contributed by atoms with Crippen molar-refractivity contribution in [1.29, 1.82) is 0 Å². The van der Waals surface area contributed by atoms with Gasteiger partial charge in [0.1, 0.15) is 12.1 Å². The third-order valence-electron chi connectivity index (χ3n) is 4.46. The van der Waals surface area contributed by atoms with Crippen LogP contribution in [-0.2, 0) is 24.0 Å². The van der Waals surface area contributed by atoms with Crippen LogP contribution in [0.1, 0.15) is 60.3 Å². The van der Waals surface area contributed by atoms with E-state index in [1.165, 1.54) is 6.92 Å². The number of guanidine groups is 1. The number of amides is 3. The Kier molecular flexibility index (Phi) is 13.5. The number of aldehydes is 1. The van der Waals surface area contributed by atoms with Crippen molar-refractivity contribution in [3.63, 3.8) is 0 Å². The molecule has 11 heteroatoms. The highest BCUT2D eigenvalue weighted by Gasteiger charge is 2.29. The highest BCUT2D eigenvalue weighted by molar-refractivity contribution is 6.28. The molecule has 3 amide bonds. The maximum atomic E-state index is 12.9. The van der Waals surface area contributed by atoms with Crippen LogP contribution >= 0.6 is 0 Å². The van der Waals surface area contributed by atoms with Gasteiger partial charge < -0.3 is 27.4 Å². The Hall–Kier alpha value is -2.98. The largest absolute Gasteiger partial charge is 0.370 e. The molecule has 0 aliphatic rings. The van der Waals surface area contributed by atoms with Crippen LogP contribution in [0, 0.1) is 11.8 Å². The zero-order valence-electron chi connectivity index (χ0n) is 19.6. The molecule has 7 N–H and O–H groups in total. The quantitative estimate of drug-likeness (QED) is 0.0716. The fourth-order valence-electron chi connectivity index (χ4n) is 3.07. The number of nitrogens with one attached hydrogen (secondary N) is 3. The second-order valence-electron chi connectivity index (χ2n) is 8.60. The standard InChI is InChI=1S/C21H38N6O5/c1-12(2)9-16(25-14(5)29)19(31)27-17(10-13(3)4)20(32)26-15(18(30)11-28)7-6-8-24-21(22)23/h11-13,15-17H,6-10H2,1-5H3,(H,25,29)(H,26,32)(H,27,31)(H4,22,23,24). The molecular formula is C21H38N6O5. The number of ketones is 1. The van der Waals surface area contributed by atoms with Crippen molar-refractivity contribution in [3.8, 4) is 0 Å². The first-order valence-electron chi connectivity index (χ1n) is 10.8. The van der Waals surface area contributed by atoms with Crippen LogP contribution in [0.2, 0.25) is 0 Å². The Morgan fingerprint density at radius 3 is 1.72 bits per heavy atom. The van der Waals surface area contributed by atoms with Gasteiger partial charge in [-0.3, -0.25) is 29.0 Å². The van der Waals surface area contributed by atoms with Crippen molar-refractivity contribution in [2.24, 2.45) is 28.3 Å². The molecule has 0 saturated heterocycles. The van der Waals surface area contributed by atoms with Crippen LogP contribution in [0.15, 0.2) is 4.99 Å². The summed E-state index contributed by atoms with van der Waals surface area (Å²) in [6, 6.07) is -2.78. The Labute approximate surface area is 189 Å². The fraction of sp³-hybridized carbons (Fsp3) is 0.714. The molecule has 32 heavy (non-hydrogen) atoms. The van der Waals surface area contributed by atoms with E-state index in [0.717, 1.165) is 0 Å². The van der Waals surface area contributed by atoms with E-state index in [2.05, 4.69) is 20.9 Å². The minimum Gasteiger partial charge on any atom is -0.370 e. The van der Waals surface area contributed by atoms with Crippen LogP contribution < -0.4 is 27.4 Å². The number of hydrogen-bond acceptors (Lipinski definition) is 6. The first-order chi connectivity index (χ1) is 14.9. The molecule has 0 rings (SSSR count). The summed E-state index contributed by atoms with van der Waals surface area (Å²) in [5.41, 5.74) is 10.5. The lowest BCUT2D eigenvalue weighted by Crippen LogP contribution is -2.56. The van der Waals surface area contributed by atoms with Gasteiger partial charge in [0.25, 0.3) is 0 Å². The van der Waals surface area contributed by atoms with Crippen LogP contribution in [0.25, 0.3) is 0 Å². The topological polar surface area (TPSA) is 186 Å². The lowest BCUT2D eigenvalue weighted by molar-refractivity contribution is -0.135. The van der Waals surface area contributed by atoms with Gasteiger partial charge in [-0.05, 0) is 37.5 Å². The smallest absolute Gasteiger partial charge is 0.243 e. The second-order valence-corrected chi connectivity index (χ2v) is 8.60. The molecule has 0 heterocycles. The summed E-state index contributed by atoms with van der Waals surface area (Å²) < 4.78 is 0. The number of Topliss-reactive ketones (excluding diaryl/α,β-unsaturated/α-hetero) is 1. The number of hydrogen-bond donors (Lipinski definition) is 5. The summed E-state index contributed by atoms with van der Waals surface area (Å²) in [6.07, 6.45) is 1.38. The van der Waals surface area contributed by atoms with E-state index in [1.54, 1.807) is 0 Å². The molecule has 0 aliphatic heterocycles. The Morgan fingerprint density at radius 1 is 0.844 bits per heavy atom. The average Bonchev–Trinajstić information content (AvgIpc) is 2.67. The molecule has 0 bridgehead atoms. The second kappa shape index (κ2) is 14.9. The molecule has 0 aromatic carbocycles. The monoisotopic (exact) mass is 454 g/mol. The molecular weight excluding hydrogens is 416 g/mol. The van der Waals surface area contributed by atoms with Gasteiger partial charge in [0, 0.05) is 13.5 Å². The van der Waals surface area contributed by atoms with Gasteiger partial charge >= 0.3 is 0 Å². The zero-order chi connectivity index (χ0) is 24.8. The third kappa shape index (κ3) is 12.7.